The van der Waals surface area contributed by atoms with E-state index in [9.17, 15) is 14.4 Å². The van der Waals surface area contributed by atoms with Gasteiger partial charge in [0.05, 0.1) is 6.42 Å². The molecule has 0 saturated heterocycles. The zero-order valence-corrected chi connectivity index (χ0v) is 9.16. The van der Waals surface area contributed by atoms with E-state index in [4.69, 9.17) is 5.11 Å². The van der Waals surface area contributed by atoms with Crippen LogP contribution in [0.3, 0.4) is 0 Å². The van der Waals surface area contributed by atoms with E-state index in [1.807, 2.05) is 0 Å². The number of nitrogens with one attached hydrogen (secondary N) is 2. The first-order valence-electron chi connectivity index (χ1n) is 5.30. The number of carboxylic acid groups (broad SMARTS) is 1. The Hall–Kier alpha value is -1.59. The predicted molar refractivity (Wildman–Crippen MR) is 55.6 cm³/mol. The van der Waals surface area contributed by atoms with Crippen LogP contribution in [-0.4, -0.2) is 35.0 Å². The molecular formula is C10H16N2O4. The molecule has 0 bridgehead atoms. The fourth-order valence-electron chi connectivity index (χ4n) is 1.15. The van der Waals surface area contributed by atoms with Gasteiger partial charge in [-0.3, -0.25) is 14.4 Å². The molecule has 6 nitrogen and oxygen atoms in total. The lowest BCUT2D eigenvalue weighted by Gasteiger charge is -2.13. The first-order chi connectivity index (χ1) is 7.49. The van der Waals surface area contributed by atoms with Crippen LogP contribution >= 0.6 is 0 Å². The smallest absolute Gasteiger partial charge is 0.303 e. The Kier molecular flexibility index (Phi) is 4.28. The molecule has 1 aliphatic rings. The average molecular weight is 228 g/mol. The lowest BCUT2D eigenvalue weighted by Crippen LogP contribution is -2.45. The molecule has 0 heterocycles. The lowest BCUT2D eigenvalue weighted by atomic mass is 10.2. The fourth-order valence-corrected chi connectivity index (χ4v) is 1.15. The molecule has 3 N–H and O–H groups in total. The highest BCUT2D eigenvalue weighted by Gasteiger charge is 2.26. The molecule has 0 aliphatic heterocycles. The summed E-state index contributed by atoms with van der Waals surface area (Å²) in [6.45, 7) is 1.58. The van der Waals surface area contributed by atoms with E-state index in [1.54, 1.807) is 6.92 Å². The normalized spacial score (nSPS) is 16.3. The van der Waals surface area contributed by atoms with Gasteiger partial charge in [0.2, 0.25) is 11.8 Å². The number of carbonyl (C=O) groups excluding carboxylic acids is 2. The first-order valence-corrected chi connectivity index (χ1v) is 5.30. The molecule has 1 fully saturated rings. The third-order valence-electron chi connectivity index (χ3n) is 2.26. The predicted octanol–water partition coefficient (Wildman–Crippen LogP) is -0.365. The van der Waals surface area contributed by atoms with Crippen molar-refractivity contribution >= 4 is 17.8 Å². The van der Waals surface area contributed by atoms with E-state index in [-0.39, 0.29) is 24.8 Å². The Balaban J connectivity index is 2.20. The Morgan fingerprint density at radius 1 is 1.31 bits per heavy atom. The number of hydrogen-bond donors (Lipinski definition) is 3. The maximum Gasteiger partial charge on any atom is 0.303 e. The number of amides is 2. The van der Waals surface area contributed by atoms with Crippen molar-refractivity contribution in [2.75, 3.05) is 0 Å². The van der Waals surface area contributed by atoms with Crippen LogP contribution in [0.2, 0.25) is 0 Å². The van der Waals surface area contributed by atoms with Crippen molar-refractivity contribution in [1.82, 2.24) is 10.6 Å². The summed E-state index contributed by atoms with van der Waals surface area (Å²) < 4.78 is 0. The summed E-state index contributed by atoms with van der Waals surface area (Å²) in [6, 6.07) is -0.354. The molecule has 1 saturated carbocycles. The molecule has 0 aromatic carbocycles. The lowest BCUT2D eigenvalue weighted by molar-refractivity contribution is -0.139. The number of carbonyl (C=O) groups is 3. The second kappa shape index (κ2) is 5.48. The SMILES string of the molecule is CC(NC(=O)CCC(=O)O)C(=O)NC1CC1. The summed E-state index contributed by atoms with van der Waals surface area (Å²) in [5.41, 5.74) is 0. The van der Waals surface area contributed by atoms with Crippen molar-refractivity contribution in [3.8, 4) is 0 Å². The Labute approximate surface area is 93.4 Å². The molecular weight excluding hydrogens is 212 g/mol. The van der Waals surface area contributed by atoms with E-state index in [1.165, 1.54) is 0 Å². The van der Waals surface area contributed by atoms with Gasteiger partial charge in [-0.2, -0.15) is 0 Å². The van der Waals surface area contributed by atoms with Crippen LogP contribution < -0.4 is 10.6 Å². The summed E-state index contributed by atoms with van der Waals surface area (Å²) >= 11 is 0. The topological polar surface area (TPSA) is 95.5 Å². The molecule has 0 spiro atoms. The molecule has 1 aliphatic carbocycles. The molecule has 0 aromatic rings. The van der Waals surface area contributed by atoms with Crippen LogP contribution in [0, 0.1) is 0 Å². The van der Waals surface area contributed by atoms with Gasteiger partial charge in [0, 0.05) is 12.5 Å². The quantitative estimate of drug-likeness (QED) is 0.578. The third-order valence-corrected chi connectivity index (χ3v) is 2.26. The van der Waals surface area contributed by atoms with Gasteiger partial charge in [-0.05, 0) is 19.8 Å². The number of hydrogen-bond acceptors (Lipinski definition) is 3. The van der Waals surface area contributed by atoms with Gasteiger partial charge < -0.3 is 15.7 Å². The molecule has 0 aromatic heterocycles. The molecule has 1 rings (SSSR count). The zero-order chi connectivity index (χ0) is 12.1. The van der Waals surface area contributed by atoms with Gasteiger partial charge in [0.1, 0.15) is 6.04 Å². The van der Waals surface area contributed by atoms with Gasteiger partial charge in [-0.1, -0.05) is 0 Å². The van der Waals surface area contributed by atoms with Crippen LogP contribution in [-0.2, 0) is 14.4 Å². The second-order valence-electron chi connectivity index (χ2n) is 3.97. The maximum atomic E-state index is 11.4. The summed E-state index contributed by atoms with van der Waals surface area (Å²) in [4.78, 5) is 32.9. The summed E-state index contributed by atoms with van der Waals surface area (Å²) in [5, 5.41) is 13.6. The van der Waals surface area contributed by atoms with Crippen molar-refractivity contribution in [2.45, 2.75) is 44.7 Å². The van der Waals surface area contributed by atoms with E-state index in [0.717, 1.165) is 12.8 Å². The van der Waals surface area contributed by atoms with E-state index in [0.29, 0.717) is 0 Å². The highest BCUT2D eigenvalue weighted by molar-refractivity contribution is 5.88. The average Bonchev–Trinajstić information content (AvgIpc) is 2.98. The largest absolute Gasteiger partial charge is 0.481 e. The van der Waals surface area contributed by atoms with Crippen molar-refractivity contribution < 1.29 is 19.5 Å². The van der Waals surface area contributed by atoms with E-state index < -0.39 is 17.9 Å². The van der Waals surface area contributed by atoms with Crippen LogP contribution in [0.4, 0.5) is 0 Å². The molecule has 0 radical (unpaired) electrons. The molecule has 2 amide bonds. The minimum Gasteiger partial charge on any atom is -0.481 e. The van der Waals surface area contributed by atoms with Crippen LogP contribution in [0.1, 0.15) is 32.6 Å². The zero-order valence-electron chi connectivity index (χ0n) is 9.16. The number of carboxylic acids is 1. The molecule has 6 heteroatoms. The maximum absolute atomic E-state index is 11.4. The van der Waals surface area contributed by atoms with Gasteiger partial charge >= 0.3 is 5.97 Å². The standard InChI is InChI=1S/C10H16N2O4/c1-6(10(16)12-7-2-3-7)11-8(13)4-5-9(14)15/h6-7H,2-5H2,1H3,(H,11,13)(H,12,16)(H,14,15). The van der Waals surface area contributed by atoms with Crippen LogP contribution in [0.25, 0.3) is 0 Å². The van der Waals surface area contributed by atoms with Gasteiger partial charge in [0.25, 0.3) is 0 Å². The minimum absolute atomic E-state index is 0.101. The van der Waals surface area contributed by atoms with Crippen LogP contribution in [0.5, 0.6) is 0 Å². The second-order valence-corrected chi connectivity index (χ2v) is 3.97. The van der Waals surface area contributed by atoms with Crippen LogP contribution in [0.15, 0.2) is 0 Å². The van der Waals surface area contributed by atoms with Crippen molar-refractivity contribution in [2.24, 2.45) is 0 Å². The summed E-state index contributed by atoms with van der Waals surface area (Å²) in [5.74, 6) is -1.66. The number of aliphatic carboxylic acids is 1. The minimum atomic E-state index is -1.02. The first kappa shape index (κ1) is 12.5. The monoisotopic (exact) mass is 228 g/mol. The summed E-state index contributed by atoms with van der Waals surface area (Å²) in [7, 11) is 0. The molecule has 1 unspecified atom stereocenters. The molecule has 90 valence electrons. The van der Waals surface area contributed by atoms with Gasteiger partial charge in [-0.15, -0.1) is 0 Å². The molecule has 16 heavy (non-hydrogen) atoms. The molecule has 1 atom stereocenters. The Morgan fingerprint density at radius 3 is 2.44 bits per heavy atom. The van der Waals surface area contributed by atoms with E-state index >= 15 is 0 Å². The van der Waals surface area contributed by atoms with Crippen molar-refractivity contribution in [3.63, 3.8) is 0 Å². The highest BCUT2D eigenvalue weighted by atomic mass is 16.4. The van der Waals surface area contributed by atoms with Gasteiger partial charge in [-0.25, -0.2) is 0 Å². The third kappa shape index (κ3) is 4.77. The van der Waals surface area contributed by atoms with Crippen molar-refractivity contribution in [1.29, 1.82) is 0 Å². The van der Waals surface area contributed by atoms with Gasteiger partial charge in [0.15, 0.2) is 0 Å². The van der Waals surface area contributed by atoms with E-state index in [2.05, 4.69) is 10.6 Å². The Bertz CT molecular complexity index is 299. The highest BCUT2D eigenvalue weighted by Crippen LogP contribution is 2.18. The van der Waals surface area contributed by atoms with Crippen molar-refractivity contribution in [3.05, 3.63) is 0 Å². The number of rotatable bonds is 6. The Morgan fingerprint density at radius 2 is 1.94 bits per heavy atom. The fraction of sp³-hybridized carbons (Fsp3) is 0.700. The summed E-state index contributed by atoms with van der Waals surface area (Å²) in [6.07, 6.45) is 1.66.